The van der Waals surface area contributed by atoms with E-state index in [4.69, 9.17) is 5.73 Å². The number of rotatable bonds is 4. The Morgan fingerprint density at radius 3 is 2.81 bits per heavy atom. The zero-order valence-electron chi connectivity index (χ0n) is 11.8. The van der Waals surface area contributed by atoms with Gasteiger partial charge in [0, 0.05) is 18.9 Å². The van der Waals surface area contributed by atoms with Crippen molar-refractivity contribution >= 4 is 5.91 Å². The number of carbonyl (C=O) groups excluding carboxylic acids is 1. The summed E-state index contributed by atoms with van der Waals surface area (Å²) in [7, 11) is 0. The summed E-state index contributed by atoms with van der Waals surface area (Å²) < 4.78 is 1.63. The zero-order valence-corrected chi connectivity index (χ0v) is 11.8. The summed E-state index contributed by atoms with van der Waals surface area (Å²) in [5.74, 6) is 0.456. The summed E-state index contributed by atoms with van der Waals surface area (Å²) in [4.78, 5) is 16.8. The first-order valence-corrected chi connectivity index (χ1v) is 7.22. The standard InChI is InChI=1S/C15H19N5O/c16-11-15(7-1-2-8-15)19-14(21)12-5-3-6-13(18-12)20-10-4-9-17-20/h3-6,9-10H,1-2,7-8,11,16H2,(H,19,21). The first kappa shape index (κ1) is 13.8. The maximum absolute atomic E-state index is 12.4. The Morgan fingerprint density at radius 1 is 1.33 bits per heavy atom. The highest BCUT2D eigenvalue weighted by Gasteiger charge is 2.34. The molecule has 0 atom stereocenters. The van der Waals surface area contributed by atoms with Crippen LogP contribution < -0.4 is 11.1 Å². The predicted molar refractivity (Wildman–Crippen MR) is 79.1 cm³/mol. The van der Waals surface area contributed by atoms with Crippen molar-refractivity contribution < 1.29 is 4.79 Å². The van der Waals surface area contributed by atoms with Crippen molar-refractivity contribution in [3.05, 3.63) is 42.4 Å². The maximum atomic E-state index is 12.4. The number of hydrogen-bond donors (Lipinski definition) is 2. The second-order valence-corrected chi connectivity index (χ2v) is 5.48. The van der Waals surface area contributed by atoms with Crippen LogP contribution in [0.4, 0.5) is 0 Å². The largest absolute Gasteiger partial charge is 0.344 e. The molecule has 2 aromatic heterocycles. The molecule has 2 heterocycles. The summed E-state index contributed by atoms with van der Waals surface area (Å²) >= 11 is 0. The third-order valence-electron chi connectivity index (χ3n) is 4.04. The summed E-state index contributed by atoms with van der Waals surface area (Å²) in [5, 5.41) is 7.20. The number of hydrogen-bond acceptors (Lipinski definition) is 4. The highest BCUT2D eigenvalue weighted by Crippen LogP contribution is 2.28. The first-order valence-electron chi connectivity index (χ1n) is 7.22. The van der Waals surface area contributed by atoms with Gasteiger partial charge in [-0.25, -0.2) is 9.67 Å². The minimum atomic E-state index is -0.263. The van der Waals surface area contributed by atoms with E-state index in [-0.39, 0.29) is 11.4 Å². The van der Waals surface area contributed by atoms with Crippen LogP contribution in [0.25, 0.3) is 5.82 Å². The second-order valence-electron chi connectivity index (χ2n) is 5.48. The molecule has 3 N–H and O–H groups in total. The second kappa shape index (κ2) is 5.65. The van der Waals surface area contributed by atoms with Crippen molar-refractivity contribution in [2.75, 3.05) is 6.54 Å². The first-order chi connectivity index (χ1) is 10.2. The van der Waals surface area contributed by atoms with E-state index in [0.29, 0.717) is 18.1 Å². The number of nitrogens with one attached hydrogen (secondary N) is 1. The predicted octanol–water partition coefficient (Wildman–Crippen LogP) is 1.27. The van der Waals surface area contributed by atoms with Gasteiger partial charge >= 0.3 is 0 Å². The molecule has 0 radical (unpaired) electrons. The molecule has 0 aromatic carbocycles. The quantitative estimate of drug-likeness (QED) is 0.885. The number of nitrogens with zero attached hydrogens (tertiary/aromatic N) is 3. The molecule has 0 aliphatic heterocycles. The Bertz CT molecular complexity index is 617. The molecule has 0 bridgehead atoms. The smallest absolute Gasteiger partial charge is 0.270 e. The van der Waals surface area contributed by atoms with Crippen molar-refractivity contribution in [3.8, 4) is 5.82 Å². The third kappa shape index (κ3) is 2.80. The number of carbonyl (C=O) groups is 1. The van der Waals surface area contributed by atoms with Crippen molar-refractivity contribution in [2.45, 2.75) is 31.2 Å². The molecule has 0 saturated heterocycles. The van der Waals surface area contributed by atoms with E-state index in [1.807, 2.05) is 18.2 Å². The van der Waals surface area contributed by atoms with Gasteiger partial charge in [-0.2, -0.15) is 5.10 Å². The van der Waals surface area contributed by atoms with Gasteiger partial charge in [0.25, 0.3) is 5.91 Å². The minimum Gasteiger partial charge on any atom is -0.344 e. The molecule has 21 heavy (non-hydrogen) atoms. The third-order valence-corrected chi connectivity index (χ3v) is 4.04. The lowest BCUT2D eigenvalue weighted by Gasteiger charge is -2.28. The molecule has 110 valence electrons. The Labute approximate surface area is 123 Å². The Kier molecular flexibility index (Phi) is 3.70. The lowest BCUT2D eigenvalue weighted by atomic mass is 9.97. The van der Waals surface area contributed by atoms with E-state index in [2.05, 4.69) is 15.4 Å². The molecule has 1 fully saturated rings. The minimum absolute atomic E-state index is 0.170. The topological polar surface area (TPSA) is 85.8 Å². The van der Waals surface area contributed by atoms with Crippen LogP contribution in [0.1, 0.15) is 36.2 Å². The monoisotopic (exact) mass is 285 g/mol. The molecule has 1 amide bonds. The van der Waals surface area contributed by atoms with Crippen LogP contribution in [0.15, 0.2) is 36.7 Å². The molecule has 0 spiro atoms. The Balaban J connectivity index is 1.80. The highest BCUT2D eigenvalue weighted by atomic mass is 16.2. The molecule has 6 nitrogen and oxygen atoms in total. The lowest BCUT2D eigenvalue weighted by Crippen LogP contribution is -2.51. The normalized spacial score (nSPS) is 16.8. The van der Waals surface area contributed by atoms with E-state index < -0.39 is 0 Å². The van der Waals surface area contributed by atoms with Gasteiger partial charge in [-0.1, -0.05) is 18.9 Å². The molecule has 0 unspecified atom stereocenters. The zero-order chi connectivity index (χ0) is 14.7. The van der Waals surface area contributed by atoms with Crippen molar-refractivity contribution in [2.24, 2.45) is 5.73 Å². The van der Waals surface area contributed by atoms with E-state index in [1.165, 1.54) is 0 Å². The van der Waals surface area contributed by atoms with Gasteiger partial charge < -0.3 is 11.1 Å². The van der Waals surface area contributed by atoms with Crippen molar-refractivity contribution in [3.63, 3.8) is 0 Å². The number of amides is 1. The highest BCUT2D eigenvalue weighted by molar-refractivity contribution is 5.93. The van der Waals surface area contributed by atoms with Crippen LogP contribution >= 0.6 is 0 Å². The molecule has 6 heteroatoms. The van der Waals surface area contributed by atoms with Gasteiger partial charge in [0.1, 0.15) is 5.69 Å². The maximum Gasteiger partial charge on any atom is 0.270 e. The van der Waals surface area contributed by atoms with Crippen LogP contribution in [0, 0.1) is 0 Å². The molecule has 1 aliphatic carbocycles. The van der Waals surface area contributed by atoms with Gasteiger partial charge in [-0.05, 0) is 31.0 Å². The summed E-state index contributed by atoms with van der Waals surface area (Å²) in [6.07, 6.45) is 7.57. The molecule has 1 aliphatic rings. The van der Waals surface area contributed by atoms with E-state index in [9.17, 15) is 4.79 Å². The fourth-order valence-electron chi connectivity index (χ4n) is 2.82. The van der Waals surface area contributed by atoms with E-state index in [1.54, 1.807) is 23.1 Å². The Morgan fingerprint density at radius 2 is 2.14 bits per heavy atom. The van der Waals surface area contributed by atoms with Gasteiger partial charge in [-0.15, -0.1) is 0 Å². The number of nitrogens with two attached hydrogens (primary N) is 1. The van der Waals surface area contributed by atoms with E-state index in [0.717, 1.165) is 25.7 Å². The van der Waals surface area contributed by atoms with Crippen molar-refractivity contribution in [1.29, 1.82) is 0 Å². The summed E-state index contributed by atoms with van der Waals surface area (Å²) in [6, 6.07) is 7.15. The van der Waals surface area contributed by atoms with Gasteiger partial charge in [0.2, 0.25) is 0 Å². The lowest BCUT2D eigenvalue weighted by molar-refractivity contribution is 0.0898. The average molecular weight is 285 g/mol. The van der Waals surface area contributed by atoms with Crippen LogP contribution in [0.2, 0.25) is 0 Å². The average Bonchev–Trinajstić information content (AvgIpc) is 3.19. The molecule has 3 rings (SSSR count). The van der Waals surface area contributed by atoms with Crippen LogP contribution in [-0.2, 0) is 0 Å². The number of aromatic nitrogens is 3. The fourth-order valence-corrected chi connectivity index (χ4v) is 2.82. The fraction of sp³-hybridized carbons (Fsp3) is 0.400. The summed E-state index contributed by atoms with van der Waals surface area (Å²) in [5.41, 5.74) is 5.98. The molecular formula is C15H19N5O. The van der Waals surface area contributed by atoms with Gasteiger partial charge in [0.15, 0.2) is 5.82 Å². The van der Waals surface area contributed by atoms with E-state index >= 15 is 0 Å². The molecule has 1 saturated carbocycles. The Hall–Kier alpha value is -2.21. The summed E-state index contributed by atoms with van der Waals surface area (Å²) in [6.45, 7) is 0.470. The molecule has 2 aromatic rings. The van der Waals surface area contributed by atoms with Crippen LogP contribution in [0.5, 0.6) is 0 Å². The van der Waals surface area contributed by atoms with Crippen molar-refractivity contribution in [1.82, 2.24) is 20.1 Å². The molecular weight excluding hydrogens is 266 g/mol. The van der Waals surface area contributed by atoms with Crippen LogP contribution in [-0.4, -0.2) is 32.8 Å². The SMILES string of the molecule is NCC1(NC(=O)c2cccc(-n3cccn3)n2)CCCC1. The van der Waals surface area contributed by atoms with Crippen LogP contribution in [0.3, 0.4) is 0 Å². The van der Waals surface area contributed by atoms with Gasteiger partial charge in [0.05, 0.1) is 5.54 Å². The number of pyridine rings is 1. The van der Waals surface area contributed by atoms with Gasteiger partial charge in [-0.3, -0.25) is 4.79 Å².